The van der Waals surface area contributed by atoms with Crippen LogP contribution in [0.2, 0.25) is 0 Å². The number of carbonyl (C=O) groups is 1. The second-order valence-corrected chi connectivity index (χ2v) is 6.86. The van der Waals surface area contributed by atoms with Crippen LogP contribution in [-0.2, 0) is 13.0 Å². The zero-order valence-electron chi connectivity index (χ0n) is 15.9. The molecule has 0 radical (unpaired) electrons. The summed E-state index contributed by atoms with van der Waals surface area (Å²) in [4.78, 5) is 20.2. The van der Waals surface area contributed by atoms with Crippen molar-refractivity contribution in [3.63, 3.8) is 0 Å². The lowest BCUT2D eigenvalue weighted by Crippen LogP contribution is -2.06. The molecule has 3 rings (SSSR count). The Kier molecular flexibility index (Phi) is 5.64. The summed E-state index contributed by atoms with van der Waals surface area (Å²) in [5, 5.41) is 14.0. The summed E-state index contributed by atoms with van der Waals surface area (Å²) in [6.07, 6.45) is 4.78. The van der Waals surface area contributed by atoms with Crippen molar-refractivity contribution >= 4 is 5.97 Å². The third-order valence-electron chi connectivity index (χ3n) is 4.40. The minimum absolute atomic E-state index is 0.252. The summed E-state index contributed by atoms with van der Waals surface area (Å²) >= 11 is 0. The van der Waals surface area contributed by atoms with Crippen LogP contribution < -0.4 is 0 Å². The van der Waals surface area contributed by atoms with Crippen LogP contribution in [0.4, 0.5) is 0 Å². The molecule has 0 fully saturated rings. The molecule has 3 aromatic rings. The molecule has 6 nitrogen and oxygen atoms in total. The highest BCUT2D eigenvalue weighted by atomic mass is 16.4. The fraction of sp³-hybridized carbons (Fsp3) is 0.333. The Morgan fingerprint density at radius 1 is 1.19 bits per heavy atom. The van der Waals surface area contributed by atoms with E-state index in [0.29, 0.717) is 17.9 Å². The van der Waals surface area contributed by atoms with E-state index in [9.17, 15) is 9.90 Å². The van der Waals surface area contributed by atoms with E-state index >= 15 is 0 Å². The van der Waals surface area contributed by atoms with Gasteiger partial charge in [-0.3, -0.25) is 4.98 Å². The molecule has 0 aliphatic rings. The molecular weight excluding hydrogens is 340 g/mol. The third kappa shape index (κ3) is 4.22. The number of aryl methyl sites for hydroxylation is 1. The highest BCUT2D eigenvalue weighted by Gasteiger charge is 2.14. The number of rotatable bonds is 7. The molecule has 0 amide bonds. The van der Waals surface area contributed by atoms with E-state index in [1.165, 1.54) is 12.3 Å². The predicted octanol–water partition coefficient (Wildman–Crippen LogP) is 4.16. The molecule has 0 aliphatic heterocycles. The van der Waals surface area contributed by atoms with Crippen molar-refractivity contribution in [1.82, 2.24) is 19.7 Å². The molecule has 0 spiro atoms. The Morgan fingerprint density at radius 3 is 2.56 bits per heavy atom. The van der Waals surface area contributed by atoms with Crippen LogP contribution >= 0.6 is 0 Å². The van der Waals surface area contributed by atoms with Crippen molar-refractivity contribution in [3.8, 4) is 11.1 Å². The van der Waals surface area contributed by atoms with Crippen molar-refractivity contribution in [2.75, 3.05) is 0 Å². The van der Waals surface area contributed by atoms with E-state index in [0.717, 1.165) is 35.7 Å². The molecule has 1 N–H and O–H groups in total. The van der Waals surface area contributed by atoms with Crippen molar-refractivity contribution in [2.24, 2.45) is 0 Å². The molecule has 0 aliphatic carbocycles. The molecule has 2 aromatic heterocycles. The van der Waals surface area contributed by atoms with Gasteiger partial charge in [0.15, 0.2) is 5.82 Å². The van der Waals surface area contributed by atoms with Gasteiger partial charge in [0.05, 0.1) is 5.56 Å². The smallest absolute Gasteiger partial charge is 0.336 e. The zero-order valence-corrected chi connectivity index (χ0v) is 15.9. The van der Waals surface area contributed by atoms with Gasteiger partial charge in [0.1, 0.15) is 5.82 Å². The summed E-state index contributed by atoms with van der Waals surface area (Å²) in [6, 6.07) is 9.40. The zero-order chi connectivity index (χ0) is 19.4. The maximum absolute atomic E-state index is 11.4. The van der Waals surface area contributed by atoms with Crippen LogP contribution in [0.25, 0.3) is 11.1 Å². The summed E-state index contributed by atoms with van der Waals surface area (Å²) in [6.45, 7) is 7.17. The molecule has 0 bridgehead atoms. The summed E-state index contributed by atoms with van der Waals surface area (Å²) < 4.78 is 1.99. The number of carboxylic acid groups (broad SMARTS) is 1. The minimum atomic E-state index is -0.953. The molecule has 27 heavy (non-hydrogen) atoms. The van der Waals surface area contributed by atoms with Gasteiger partial charge in [-0.1, -0.05) is 45.0 Å². The van der Waals surface area contributed by atoms with E-state index in [4.69, 9.17) is 4.98 Å². The molecule has 0 atom stereocenters. The molecule has 140 valence electrons. The van der Waals surface area contributed by atoms with E-state index < -0.39 is 5.97 Å². The van der Waals surface area contributed by atoms with Gasteiger partial charge < -0.3 is 5.11 Å². The second kappa shape index (κ2) is 8.12. The number of hydrogen-bond acceptors (Lipinski definition) is 4. The quantitative estimate of drug-likeness (QED) is 0.681. The SMILES string of the molecule is CCCn1nc(C(C)C)nc1Cc1ccc(-c2cnccc2C(=O)O)cc1. The number of aromatic nitrogens is 4. The van der Waals surface area contributed by atoms with E-state index in [-0.39, 0.29) is 5.56 Å². The average Bonchev–Trinajstić information content (AvgIpc) is 3.05. The first-order valence-electron chi connectivity index (χ1n) is 9.19. The van der Waals surface area contributed by atoms with E-state index in [1.54, 1.807) is 6.20 Å². The predicted molar refractivity (Wildman–Crippen MR) is 104 cm³/mol. The largest absolute Gasteiger partial charge is 0.478 e. The highest BCUT2D eigenvalue weighted by molar-refractivity contribution is 5.95. The Bertz CT molecular complexity index is 930. The van der Waals surface area contributed by atoms with Crippen LogP contribution in [0.15, 0.2) is 42.7 Å². The van der Waals surface area contributed by atoms with Crippen LogP contribution in [0.1, 0.15) is 60.7 Å². The lowest BCUT2D eigenvalue weighted by Gasteiger charge is -2.08. The Hall–Kier alpha value is -3.02. The van der Waals surface area contributed by atoms with Gasteiger partial charge in [-0.2, -0.15) is 5.10 Å². The maximum atomic E-state index is 11.4. The lowest BCUT2D eigenvalue weighted by molar-refractivity contribution is 0.0697. The molecular formula is C21H24N4O2. The first-order chi connectivity index (χ1) is 13.0. The molecule has 6 heteroatoms. The van der Waals surface area contributed by atoms with E-state index in [2.05, 4.69) is 30.9 Å². The summed E-state index contributed by atoms with van der Waals surface area (Å²) in [7, 11) is 0. The summed E-state index contributed by atoms with van der Waals surface area (Å²) in [5.74, 6) is 1.17. The summed E-state index contributed by atoms with van der Waals surface area (Å²) in [5.41, 5.74) is 2.82. The van der Waals surface area contributed by atoms with Gasteiger partial charge in [0.2, 0.25) is 0 Å². The monoisotopic (exact) mass is 364 g/mol. The average molecular weight is 364 g/mol. The highest BCUT2D eigenvalue weighted by Crippen LogP contribution is 2.24. The standard InChI is InChI=1S/C21H24N4O2/c1-4-11-25-19(23-20(24-25)14(2)3)12-15-5-7-16(8-6-15)18-13-22-10-9-17(18)21(26)27/h5-10,13-14H,4,11-12H2,1-3H3,(H,26,27). The number of hydrogen-bond donors (Lipinski definition) is 1. The van der Waals surface area contributed by atoms with Gasteiger partial charge in [-0.25, -0.2) is 14.5 Å². The van der Waals surface area contributed by atoms with Crippen molar-refractivity contribution in [3.05, 3.63) is 65.5 Å². The Morgan fingerprint density at radius 2 is 1.93 bits per heavy atom. The fourth-order valence-corrected chi connectivity index (χ4v) is 2.96. The van der Waals surface area contributed by atoms with Crippen LogP contribution in [0, 0.1) is 0 Å². The third-order valence-corrected chi connectivity index (χ3v) is 4.40. The topological polar surface area (TPSA) is 80.9 Å². The van der Waals surface area contributed by atoms with Crippen molar-refractivity contribution < 1.29 is 9.90 Å². The molecule has 0 saturated heterocycles. The minimum Gasteiger partial charge on any atom is -0.478 e. The van der Waals surface area contributed by atoms with Crippen molar-refractivity contribution in [2.45, 2.75) is 46.1 Å². The molecule has 0 saturated carbocycles. The van der Waals surface area contributed by atoms with Crippen LogP contribution in [-0.4, -0.2) is 30.8 Å². The maximum Gasteiger partial charge on any atom is 0.336 e. The first kappa shape index (κ1) is 18.8. The second-order valence-electron chi connectivity index (χ2n) is 6.86. The van der Waals surface area contributed by atoms with Gasteiger partial charge in [-0.15, -0.1) is 0 Å². The van der Waals surface area contributed by atoms with Crippen LogP contribution in [0.3, 0.4) is 0 Å². The van der Waals surface area contributed by atoms with E-state index in [1.807, 2.05) is 28.9 Å². The Labute approximate surface area is 158 Å². The molecule has 2 heterocycles. The number of nitrogens with zero attached hydrogens (tertiary/aromatic N) is 4. The number of pyridine rings is 1. The number of aromatic carboxylic acids is 1. The van der Waals surface area contributed by atoms with Crippen molar-refractivity contribution in [1.29, 1.82) is 0 Å². The van der Waals surface area contributed by atoms with Gasteiger partial charge in [0, 0.05) is 36.8 Å². The normalized spacial score (nSPS) is 11.1. The van der Waals surface area contributed by atoms with Crippen LogP contribution in [0.5, 0.6) is 0 Å². The Balaban J connectivity index is 1.86. The molecule has 0 unspecified atom stereocenters. The number of carboxylic acids is 1. The fourth-order valence-electron chi connectivity index (χ4n) is 2.96. The lowest BCUT2D eigenvalue weighted by atomic mass is 10.00. The van der Waals surface area contributed by atoms with Gasteiger partial charge in [0.25, 0.3) is 0 Å². The molecule has 1 aromatic carbocycles. The van der Waals surface area contributed by atoms with Gasteiger partial charge >= 0.3 is 5.97 Å². The first-order valence-corrected chi connectivity index (χ1v) is 9.19. The van der Waals surface area contributed by atoms with Gasteiger partial charge in [-0.05, 0) is 23.6 Å². The number of benzene rings is 1.